The second-order valence-corrected chi connectivity index (χ2v) is 7.69. The second kappa shape index (κ2) is 8.16. The van der Waals surface area contributed by atoms with Gasteiger partial charge in [0, 0.05) is 35.3 Å². The van der Waals surface area contributed by atoms with Gasteiger partial charge in [0.25, 0.3) is 5.56 Å². The zero-order chi connectivity index (χ0) is 22.1. The van der Waals surface area contributed by atoms with Gasteiger partial charge in [-0.05, 0) is 29.0 Å². The highest BCUT2D eigenvalue weighted by Gasteiger charge is 2.20. The molecule has 4 aromatic rings. The summed E-state index contributed by atoms with van der Waals surface area (Å²) >= 11 is 0. The van der Waals surface area contributed by atoms with Crippen LogP contribution in [0.5, 0.6) is 0 Å². The minimum absolute atomic E-state index is 0.116. The van der Waals surface area contributed by atoms with Crippen LogP contribution in [-0.2, 0) is 13.1 Å². The van der Waals surface area contributed by atoms with Crippen LogP contribution in [0.2, 0.25) is 0 Å². The first kappa shape index (κ1) is 20.5. The number of carboxylic acid groups (broad SMARTS) is 1. The lowest BCUT2D eigenvalue weighted by Crippen LogP contribution is -2.28. The molecule has 8 nitrogen and oxygen atoms in total. The van der Waals surface area contributed by atoms with E-state index in [9.17, 15) is 9.59 Å². The van der Waals surface area contributed by atoms with Crippen molar-refractivity contribution in [3.05, 3.63) is 70.5 Å². The smallest absolute Gasteiger partial charge is 0.394 e. The summed E-state index contributed by atoms with van der Waals surface area (Å²) in [7, 11) is 0. The molecule has 0 aliphatic rings. The third-order valence-corrected chi connectivity index (χ3v) is 5.05. The van der Waals surface area contributed by atoms with Gasteiger partial charge in [-0.25, -0.2) is 4.79 Å². The first-order chi connectivity index (χ1) is 14.9. The maximum Gasteiger partial charge on any atom is 0.394 e. The lowest BCUT2D eigenvalue weighted by Gasteiger charge is -2.20. The third-order valence-electron chi connectivity index (χ3n) is 5.05. The Bertz CT molecular complexity index is 1320. The predicted molar refractivity (Wildman–Crippen MR) is 117 cm³/mol. The summed E-state index contributed by atoms with van der Waals surface area (Å²) in [6, 6.07) is 14.9. The van der Waals surface area contributed by atoms with Crippen LogP contribution in [0.4, 0.5) is 0 Å². The molecule has 0 aliphatic carbocycles. The minimum atomic E-state index is -1.30. The summed E-state index contributed by atoms with van der Waals surface area (Å²) in [5, 5.41) is 14.1. The lowest BCUT2D eigenvalue weighted by atomic mass is 9.95. The highest BCUT2D eigenvalue weighted by atomic mass is 16.5. The Balaban J connectivity index is 2.05. The van der Waals surface area contributed by atoms with E-state index in [1.54, 1.807) is 22.8 Å². The molecule has 0 saturated carbocycles. The molecule has 0 bridgehead atoms. The van der Waals surface area contributed by atoms with E-state index < -0.39 is 11.9 Å². The largest absolute Gasteiger partial charge is 0.474 e. The van der Waals surface area contributed by atoms with Gasteiger partial charge in [0.1, 0.15) is 0 Å². The van der Waals surface area contributed by atoms with Gasteiger partial charge < -0.3 is 19.9 Å². The van der Waals surface area contributed by atoms with Crippen LogP contribution >= 0.6 is 0 Å². The van der Waals surface area contributed by atoms with Crippen LogP contribution in [0.3, 0.4) is 0 Å². The highest BCUT2D eigenvalue weighted by molar-refractivity contribution is 5.99. The fourth-order valence-corrected chi connectivity index (χ4v) is 3.76. The van der Waals surface area contributed by atoms with Crippen molar-refractivity contribution in [3.8, 4) is 22.5 Å². The first-order valence-corrected chi connectivity index (χ1v) is 9.93. The van der Waals surface area contributed by atoms with E-state index in [0.717, 1.165) is 16.8 Å². The fraction of sp³-hybridized carbons (Fsp3) is 0.217. The topological polar surface area (TPSA) is 124 Å². The molecule has 0 saturated heterocycles. The Morgan fingerprint density at radius 3 is 2.48 bits per heavy atom. The maximum atomic E-state index is 13.3. The van der Waals surface area contributed by atoms with Crippen molar-refractivity contribution >= 4 is 16.7 Å². The molecule has 3 N–H and O–H groups in total. The van der Waals surface area contributed by atoms with Crippen molar-refractivity contribution in [1.82, 2.24) is 14.7 Å². The third kappa shape index (κ3) is 3.73. The summed E-state index contributed by atoms with van der Waals surface area (Å²) in [4.78, 5) is 28.4. The molecular formula is C23H22N4O4. The Kier molecular flexibility index (Phi) is 5.39. The van der Waals surface area contributed by atoms with Gasteiger partial charge in [0.05, 0.1) is 0 Å². The summed E-state index contributed by atoms with van der Waals surface area (Å²) in [6.07, 6.45) is 0. The lowest BCUT2D eigenvalue weighted by molar-refractivity contribution is 0.0643. The van der Waals surface area contributed by atoms with Crippen molar-refractivity contribution in [2.75, 3.05) is 0 Å². The highest BCUT2D eigenvalue weighted by Crippen LogP contribution is 2.33. The van der Waals surface area contributed by atoms with Crippen molar-refractivity contribution in [2.24, 2.45) is 11.7 Å². The number of fused-ring (bicyclic) bond motifs is 1. The summed E-state index contributed by atoms with van der Waals surface area (Å²) in [6.45, 7) is 4.85. The van der Waals surface area contributed by atoms with Gasteiger partial charge in [0.15, 0.2) is 0 Å². The number of nitrogens with zero attached hydrogens (tertiary/aromatic N) is 3. The molecule has 0 unspecified atom stereocenters. The van der Waals surface area contributed by atoms with Gasteiger partial charge >= 0.3 is 11.9 Å². The van der Waals surface area contributed by atoms with Crippen LogP contribution in [0.25, 0.3) is 33.3 Å². The van der Waals surface area contributed by atoms with Crippen molar-refractivity contribution in [2.45, 2.75) is 26.9 Å². The van der Waals surface area contributed by atoms with Gasteiger partial charge in [-0.1, -0.05) is 55.4 Å². The molecule has 0 aliphatic heterocycles. The molecule has 158 valence electrons. The Morgan fingerprint density at radius 1 is 1.13 bits per heavy atom. The molecule has 0 atom stereocenters. The summed E-state index contributed by atoms with van der Waals surface area (Å²) < 4.78 is 6.55. The van der Waals surface area contributed by atoms with Crippen LogP contribution in [0.15, 0.2) is 57.8 Å². The number of rotatable bonds is 6. The number of aromatic carboxylic acids is 1. The zero-order valence-corrected chi connectivity index (χ0v) is 17.2. The van der Waals surface area contributed by atoms with Crippen molar-refractivity contribution in [1.29, 1.82) is 0 Å². The van der Waals surface area contributed by atoms with Crippen LogP contribution in [-0.4, -0.2) is 25.8 Å². The molecule has 8 heteroatoms. The number of aromatic nitrogens is 3. The molecule has 0 spiro atoms. The van der Waals surface area contributed by atoms with E-state index in [2.05, 4.69) is 24.0 Å². The van der Waals surface area contributed by atoms with Crippen LogP contribution in [0, 0.1) is 5.92 Å². The quantitative estimate of drug-likeness (QED) is 0.491. The number of carboxylic acids is 1. The number of benzene rings is 2. The van der Waals surface area contributed by atoms with Crippen LogP contribution < -0.4 is 11.3 Å². The molecule has 0 radical (unpaired) electrons. The maximum absolute atomic E-state index is 13.3. The predicted octanol–water partition coefficient (Wildman–Crippen LogP) is 3.53. The fourth-order valence-electron chi connectivity index (χ4n) is 3.76. The second-order valence-electron chi connectivity index (χ2n) is 7.69. The Morgan fingerprint density at radius 2 is 1.87 bits per heavy atom. The average Bonchev–Trinajstić information content (AvgIpc) is 3.26. The molecule has 2 heterocycles. The standard InChI is InChI=1S/C23H22N4O4/c1-13(2)12-27-18(11-24)19(14-6-4-3-5-7-14)17-10-15(8-9-16(17)22(27)28)20-25-21(23(29)30)31-26-20/h3-10,13H,11-12,24H2,1-2H3,(H,29,30). The van der Waals surface area contributed by atoms with Crippen molar-refractivity contribution in [3.63, 3.8) is 0 Å². The monoisotopic (exact) mass is 418 g/mol. The average molecular weight is 418 g/mol. The van der Waals surface area contributed by atoms with Gasteiger partial charge in [0.2, 0.25) is 5.82 Å². The molecule has 4 rings (SSSR count). The molecule has 0 fully saturated rings. The van der Waals surface area contributed by atoms with E-state index in [-0.39, 0.29) is 23.8 Å². The van der Waals surface area contributed by atoms with Gasteiger partial charge in [-0.15, -0.1) is 0 Å². The van der Waals surface area contributed by atoms with Gasteiger partial charge in [-0.2, -0.15) is 4.98 Å². The number of nitrogens with two attached hydrogens (primary N) is 1. The van der Waals surface area contributed by atoms with Crippen molar-refractivity contribution < 1.29 is 14.4 Å². The molecule has 0 amide bonds. The van der Waals surface area contributed by atoms with E-state index in [0.29, 0.717) is 22.9 Å². The molecule has 2 aromatic carbocycles. The van der Waals surface area contributed by atoms with E-state index in [4.69, 9.17) is 15.4 Å². The molecular weight excluding hydrogens is 396 g/mol. The zero-order valence-electron chi connectivity index (χ0n) is 17.2. The number of carbonyl (C=O) groups is 1. The van der Waals surface area contributed by atoms with Gasteiger partial charge in [-0.3, -0.25) is 4.79 Å². The number of pyridine rings is 1. The normalized spacial score (nSPS) is 11.4. The Hall–Kier alpha value is -3.78. The SMILES string of the molecule is CC(C)Cn1c(CN)c(-c2ccccc2)c2cc(-c3noc(C(=O)O)n3)ccc2c1=O. The van der Waals surface area contributed by atoms with E-state index >= 15 is 0 Å². The first-order valence-electron chi connectivity index (χ1n) is 9.93. The van der Waals surface area contributed by atoms with E-state index in [1.165, 1.54) is 0 Å². The minimum Gasteiger partial charge on any atom is -0.474 e. The van der Waals surface area contributed by atoms with E-state index in [1.807, 2.05) is 30.3 Å². The number of hydrogen-bond donors (Lipinski definition) is 2. The summed E-state index contributed by atoms with van der Waals surface area (Å²) in [5.74, 6) is -1.39. The Labute approximate surface area is 177 Å². The van der Waals surface area contributed by atoms with Crippen LogP contribution in [0.1, 0.15) is 30.2 Å². The summed E-state index contributed by atoms with van der Waals surface area (Å²) in [5.41, 5.74) is 9.12. The molecule has 31 heavy (non-hydrogen) atoms. The number of hydrogen-bond acceptors (Lipinski definition) is 6. The molecule has 2 aromatic heterocycles.